The van der Waals surface area contributed by atoms with Crippen LogP contribution in [0.25, 0.3) is 0 Å². The summed E-state index contributed by atoms with van der Waals surface area (Å²) < 4.78 is 0. The third-order valence-electron chi connectivity index (χ3n) is 1.34. The molecule has 1 radical (unpaired) electrons. The average Bonchev–Trinajstić information content (AvgIpc) is 2.06. The minimum Gasteiger partial charge on any atom is -0.298 e. The van der Waals surface area contributed by atoms with E-state index >= 15 is 0 Å². The van der Waals surface area contributed by atoms with E-state index in [1.165, 1.54) is 0 Å². The number of hydrogen-bond donors (Lipinski definition) is 0. The molecule has 0 N–H and O–H groups in total. The van der Waals surface area contributed by atoms with Gasteiger partial charge in [0.05, 0.1) is 5.88 Å². The summed E-state index contributed by atoms with van der Waals surface area (Å²) in [5.74, 6) is 0.149. The van der Waals surface area contributed by atoms with E-state index < -0.39 is 0 Å². The number of alkyl halides is 1. The fraction of sp³-hybridized carbons (Fsp3) is 0.222. The summed E-state index contributed by atoms with van der Waals surface area (Å²) in [6.07, 6.45) is 0.429. The van der Waals surface area contributed by atoms with E-state index in [9.17, 15) is 4.79 Å². The lowest BCUT2D eigenvalue weighted by molar-refractivity contribution is -0.116. The van der Waals surface area contributed by atoms with E-state index in [4.69, 9.17) is 11.6 Å². The number of hydrogen-bond acceptors (Lipinski definition) is 1. The molecule has 57 valence electrons. The highest BCUT2D eigenvalue weighted by Gasteiger charge is 1.99. The molecule has 11 heavy (non-hydrogen) atoms. The van der Waals surface area contributed by atoms with Crippen molar-refractivity contribution < 1.29 is 4.79 Å². The number of carbonyl (C=O) groups excluding carboxylic acids is 1. The van der Waals surface area contributed by atoms with Gasteiger partial charge in [0.1, 0.15) is 0 Å². The summed E-state index contributed by atoms with van der Waals surface area (Å²) in [4.78, 5) is 10.8. The SMILES string of the molecule is O=C(CCl)Cc1cc[c]cc1. The first kappa shape index (κ1) is 8.28. The van der Waals surface area contributed by atoms with Crippen LogP contribution < -0.4 is 0 Å². The van der Waals surface area contributed by atoms with Crippen LogP contribution in [-0.4, -0.2) is 11.7 Å². The molecular formula is C9H8ClO. The second-order valence-corrected chi connectivity index (χ2v) is 2.52. The molecule has 1 aromatic carbocycles. The van der Waals surface area contributed by atoms with Crippen LogP contribution >= 0.6 is 11.6 Å². The lowest BCUT2D eigenvalue weighted by Crippen LogP contribution is -2.02. The zero-order valence-electron chi connectivity index (χ0n) is 6.01. The van der Waals surface area contributed by atoms with E-state index in [-0.39, 0.29) is 11.7 Å². The predicted molar refractivity (Wildman–Crippen MR) is 44.7 cm³/mol. The van der Waals surface area contributed by atoms with Crippen LogP contribution in [0.2, 0.25) is 0 Å². The number of ketones is 1. The maximum Gasteiger partial charge on any atom is 0.151 e. The Labute approximate surface area is 71.0 Å². The molecule has 0 aliphatic carbocycles. The summed E-state index contributed by atoms with van der Waals surface area (Å²) in [6.45, 7) is 0. The highest BCUT2D eigenvalue weighted by atomic mass is 35.5. The maximum atomic E-state index is 10.8. The quantitative estimate of drug-likeness (QED) is 0.628. The van der Waals surface area contributed by atoms with Gasteiger partial charge in [-0.2, -0.15) is 0 Å². The molecule has 0 atom stereocenters. The van der Waals surface area contributed by atoms with E-state index in [0.29, 0.717) is 6.42 Å². The van der Waals surface area contributed by atoms with Gasteiger partial charge in [0.25, 0.3) is 0 Å². The average molecular weight is 168 g/mol. The molecule has 0 aliphatic heterocycles. The predicted octanol–water partition coefficient (Wildman–Crippen LogP) is 1.84. The van der Waals surface area contributed by atoms with Gasteiger partial charge in [-0.3, -0.25) is 4.79 Å². The van der Waals surface area contributed by atoms with Gasteiger partial charge in [0.2, 0.25) is 0 Å². The van der Waals surface area contributed by atoms with Gasteiger partial charge in [-0.1, -0.05) is 24.3 Å². The highest BCUT2D eigenvalue weighted by molar-refractivity contribution is 6.27. The standard InChI is InChI=1S/C9H8ClO/c10-7-9(11)6-8-4-2-1-3-5-8/h2-5H,6-7H2. The van der Waals surface area contributed by atoms with Crippen LogP contribution in [0.4, 0.5) is 0 Å². The summed E-state index contributed by atoms with van der Waals surface area (Å²) in [5, 5.41) is 0. The Balaban J connectivity index is 2.58. The second-order valence-electron chi connectivity index (χ2n) is 2.26. The van der Waals surface area contributed by atoms with Crippen molar-refractivity contribution >= 4 is 17.4 Å². The highest BCUT2D eigenvalue weighted by Crippen LogP contribution is 1.99. The van der Waals surface area contributed by atoms with Crippen molar-refractivity contribution in [3.05, 3.63) is 35.9 Å². The zero-order chi connectivity index (χ0) is 8.10. The van der Waals surface area contributed by atoms with Gasteiger partial charge in [-0.15, -0.1) is 11.6 Å². The Morgan fingerprint density at radius 2 is 2.09 bits per heavy atom. The number of carbonyl (C=O) groups is 1. The van der Waals surface area contributed by atoms with Crippen LogP contribution in [0.5, 0.6) is 0 Å². The molecule has 1 aromatic rings. The first-order valence-electron chi connectivity index (χ1n) is 3.35. The largest absolute Gasteiger partial charge is 0.298 e. The Bertz CT molecular complexity index is 231. The Morgan fingerprint density at radius 1 is 1.45 bits per heavy atom. The van der Waals surface area contributed by atoms with Gasteiger partial charge in [0, 0.05) is 6.42 Å². The van der Waals surface area contributed by atoms with Crippen LogP contribution in [0.3, 0.4) is 0 Å². The first-order valence-corrected chi connectivity index (χ1v) is 3.89. The third kappa shape index (κ3) is 2.72. The van der Waals surface area contributed by atoms with Crippen molar-refractivity contribution in [3.8, 4) is 0 Å². The zero-order valence-corrected chi connectivity index (χ0v) is 6.77. The number of rotatable bonds is 3. The molecule has 0 aromatic heterocycles. The summed E-state index contributed by atoms with van der Waals surface area (Å²) in [6, 6.07) is 10.2. The van der Waals surface area contributed by atoms with Crippen molar-refractivity contribution in [1.82, 2.24) is 0 Å². The Hall–Kier alpha value is -0.820. The summed E-state index contributed by atoms with van der Waals surface area (Å²) in [5.41, 5.74) is 0.995. The van der Waals surface area contributed by atoms with Gasteiger partial charge >= 0.3 is 0 Å². The summed E-state index contributed by atoms with van der Waals surface area (Å²) >= 11 is 5.34. The van der Waals surface area contributed by atoms with E-state index in [2.05, 4.69) is 6.07 Å². The summed E-state index contributed by atoms with van der Waals surface area (Å²) in [7, 11) is 0. The van der Waals surface area contributed by atoms with Crippen LogP contribution in [0.15, 0.2) is 24.3 Å². The van der Waals surface area contributed by atoms with Crippen LogP contribution in [0, 0.1) is 6.07 Å². The Kier molecular flexibility index (Phi) is 3.12. The van der Waals surface area contributed by atoms with E-state index in [0.717, 1.165) is 5.56 Å². The first-order chi connectivity index (χ1) is 5.33. The van der Waals surface area contributed by atoms with E-state index in [1.807, 2.05) is 12.1 Å². The lowest BCUT2D eigenvalue weighted by atomic mass is 10.1. The molecule has 0 unspecified atom stereocenters. The van der Waals surface area contributed by atoms with Crippen molar-refractivity contribution in [1.29, 1.82) is 0 Å². The topological polar surface area (TPSA) is 17.1 Å². The molecule has 1 nitrogen and oxygen atoms in total. The molecule has 0 heterocycles. The minimum absolute atomic E-state index is 0.0536. The van der Waals surface area contributed by atoms with Crippen LogP contribution in [0.1, 0.15) is 5.56 Å². The second kappa shape index (κ2) is 4.14. The fourth-order valence-corrected chi connectivity index (χ4v) is 0.909. The molecule has 0 bridgehead atoms. The number of benzene rings is 1. The molecule has 2 heteroatoms. The smallest absolute Gasteiger partial charge is 0.151 e. The molecule has 0 saturated carbocycles. The fourth-order valence-electron chi connectivity index (χ4n) is 0.814. The normalized spacial score (nSPS) is 9.55. The molecule has 0 spiro atoms. The van der Waals surface area contributed by atoms with Gasteiger partial charge < -0.3 is 0 Å². The van der Waals surface area contributed by atoms with Crippen molar-refractivity contribution in [2.75, 3.05) is 5.88 Å². The monoisotopic (exact) mass is 167 g/mol. The molecule has 0 amide bonds. The van der Waals surface area contributed by atoms with Crippen LogP contribution in [-0.2, 0) is 11.2 Å². The van der Waals surface area contributed by atoms with Crippen molar-refractivity contribution in [3.63, 3.8) is 0 Å². The molecule has 1 rings (SSSR count). The third-order valence-corrected chi connectivity index (χ3v) is 1.64. The molecule has 0 fully saturated rings. The van der Waals surface area contributed by atoms with Crippen molar-refractivity contribution in [2.45, 2.75) is 6.42 Å². The molecular weight excluding hydrogens is 160 g/mol. The lowest BCUT2D eigenvalue weighted by Gasteiger charge is -1.95. The number of Topliss-reactive ketones (excluding diaryl/α,β-unsaturated/α-hetero) is 1. The van der Waals surface area contributed by atoms with Crippen molar-refractivity contribution in [2.24, 2.45) is 0 Å². The van der Waals surface area contributed by atoms with Gasteiger partial charge in [-0.25, -0.2) is 0 Å². The number of halogens is 1. The van der Waals surface area contributed by atoms with Gasteiger partial charge in [0.15, 0.2) is 5.78 Å². The molecule has 0 saturated heterocycles. The van der Waals surface area contributed by atoms with E-state index in [1.54, 1.807) is 12.1 Å². The Morgan fingerprint density at radius 3 is 2.64 bits per heavy atom. The van der Waals surface area contributed by atoms with Gasteiger partial charge in [-0.05, 0) is 11.6 Å². The molecule has 0 aliphatic rings. The minimum atomic E-state index is 0.0536. The maximum absolute atomic E-state index is 10.8.